The monoisotopic (exact) mass is 176 g/mol. The van der Waals surface area contributed by atoms with Crippen molar-refractivity contribution < 1.29 is 0 Å². The molecule has 12 heavy (non-hydrogen) atoms. The van der Waals surface area contributed by atoms with E-state index in [9.17, 15) is 0 Å². The molecular weight excluding hydrogens is 166 g/mol. The molecule has 1 aliphatic heterocycles. The fraction of sp³-hybridized carbons (Fsp3) is 0.100. The van der Waals surface area contributed by atoms with Crippen LogP contribution in [0.2, 0.25) is 0 Å². The van der Waals surface area contributed by atoms with Gasteiger partial charge < -0.3 is 5.32 Å². The van der Waals surface area contributed by atoms with Crippen LogP contribution >= 0.6 is 11.8 Å². The molecule has 0 bridgehead atoms. The molecule has 1 aliphatic rings. The lowest BCUT2D eigenvalue weighted by Gasteiger charge is -2.07. The average molecular weight is 176 g/mol. The van der Waals surface area contributed by atoms with Gasteiger partial charge in [0.05, 0.1) is 0 Å². The van der Waals surface area contributed by atoms with Crippen molar-refractivity contribution in [1.82, 2.24) is 5.32 Å². The highest BCUT2D eigenvalue weighted by Gasteiger charge is 2.11. The van der Waals surface area contributed by atoms with Gasteiger partial charge in [-0.3, -0.25) is 0 Å². The minimum Gasteiger partial charge on any atom is -0.373 e. The quantitative estimate of drug-likeness (QED) is 0.743. The molecule has 1 heterocycles. The third kappa shape index (κ3) is 1.83. The summed E-state index contributed by atoms with van der Waals surface area (Å²) >= 11 is 1.76. The summed E-state index contributed by atoms with van der Waals surface area (Å²) in [6, 6.07) is 10.5. The molecule has 0 amide bonds. The van der Waals surface area contributed by atoms with Crippen LogP contribution in [-0.2, 0) is 6.42 Å². The smallest absolute Gasteiger partial charge is 0.125 e. The highest BCUT2D eigenvalue weighted by atomic mass is 32.2. The molecule has 0 aromatic heterocycles. The van der Waals surface area contributed by atoms with Crippen LogP contribution in [0.5, 0.6) is 0 Å². The number of nitrogens with one attached hydrogen (secondary N) is 1. The molecule has 2 heteroatoms. The number of rotatable bonds is 2. The zero-order valence-electron chi connectivity index (χ0n) is 6.66. The van der Waals surface area contributed by atoms with E-state index in [2.05, 4.69) is 35.0 Å². The molecule has 1 N–H and O–H groups in total. The predicted octanol–water partition coefficient (Wildman–Crippen LogP) is 2.53. The van der Waals surface area contributed by atoms with E-state index in [1.807, 2.05) is 12.3 Å². The maximum atomic E-state index is 3.20. The van der Waals surface area contributed by atoms with Gasteiger partial charge in [0.2, 0.25) is 0 Å². The van der Waals surface area contributed by atoms with Crippen molar-refractivity contribution in [2.75, 3.05) is 0 Å². The Morgan fingerprint density at radius 3 is 2.67 bits per heavy atom. The van der Waals surface area contributed by atoms with Crippen LogP contribution in [0.25, 0.3) is 0 Å². The molecule has 2 rings (SSSR count). The zero-order valence-corrected chi connectivity index (χ0v) is 7.47. The Labute approximate surface area is 76.9 Å². The van der Waals surface area contributed by atoms with E-state index in [-0.39, 0.29) is 0 Å². The highest BCUT2D eigenvalue weighted by Crippen LogP contribution is 2.26. The third-order valence-corrected chi connectivity index (χ3v) is 2.55. The van der Waals surface area contributed by atoms with Gasteiger partial charge in [-0.15, -0.1) is 11.8 Å². The Morgan fingerprint density at radius 2 is 2.00 bits per heavy atom. The van der Waals surface area contributed by atoms with Crippen molar-refractivity contribution >= 4 is 11.8 Å². The van der Waals surface area contributed by atoms with Crippen molar-refractivity contribution in [3.8, 4) is 0 Å². The lowest BCUT2D eigenvalue weighted by atomic mass is 10.1. The predicted molar refractivity (Wildman–Crippen MR) is 53.3 cm³/mol. The van der Waals surface area contributed by atoms with Crippen molar-refractivity contribution in [1.29, 1.82) is 0 Å². The Balaban J connectivity index is 1.95. The van der Waals surface area contributed by atoms with Crippen LogP contribution in [0.4, 0.5) is 0 Å². The summed E-state index contributed by atoms with van der Waals surface area (Å²) in [5.41, 5.74) is 1.36. The van der Waals surface area contributed by atoms with Gasteiger partial charge in [-0.25, -0.2) is 0 Å². The Bertz CT molecular complexity index is 260. The van der Waals surface area contributed by atoms with Gasteiger partial charge in [0.25, 0.3) is 0 Å². The van der Waals surface area contributed by atoms with Crippen LogP contribution in [0.15, 0.2) is 41.9 Å². The maximum Gasteiger partial charge on any atom is 0.125 e. The summed E-state index contributed by atoms with van der Waals surface area (Å²) in [6.07, 6.45) is 2.99. The molecule has 0 spiro atoms. The Kier molecular flexibility index (Phi) is 2.37. The normalized spacial score (nSPS) is 16.3. The van der Waals surface area contributed by atoms with Crippen LogP contribution in [0.1, 0.15) is 5.56 Å². The van der Waals surface area contributed by atoms with E-state index >= 15 is 0 Å². The molecule has 0 unspecified atom stereocenters. The summed E-state index contributed by atoms with van der Waals surface area (Å²) in [7, 11) is 0. The minimum absolute atomic E-state index is 1.01. The van der Waals surface area contributed by atoms with Crippen LogP contribution in [-0.4, -0.2) is 0 Å². The summed E-state index contributed by atoms with van der Waals surface area (Å²) in [4.78, 5) is 0. The highest BCUT2D eigenvalue weighted by molar-refractivity contribution is 8.05. The van der Waals surface area contributed by atoms with Crippen molar-refractivity contribution in [2.45, 2.75) is 6.42 Å². The zero-order chi connectivity index (χ0) is 8.23. The molecule has 1 aromatic rings. The molecule has 0 atom stereocenters. The first-order chi connectivity index (χ1) is 5.95. The topological polar surface area (TPSA) is 12.0 Å². The molecule has 0 saturated carbocycles. The van der Waals surface area contributed by atoms with E-state index in [1.165, 1.54) is 10.9 Å². The van der Waals surface area contributed by atoms with E-state index in [1.54, 1.807) is 11.8 Å². The summed E-state index contributed by atoms with van der Waals surface area (Å²) < 4.78 is 0. The van der Waals surface area contributed by atoms with E-state index in [4.69, 9.17) is 0 Å². The second kappa shape index (κ2) is 3.68. The number of benzene rings is 1. The molecule has 1 aromatic carbocycles. The molecule has 1 nitrogen and oxygen atoms in total. The number of hydrogen-bond donors (Lipinski definition) is 1. The second-order valence-electron chi connectivity index (χ2n) is 2.65. The summed E-state index contributed by atoms with van der Waals surface area (Å²) in [5, 5.41) is 6.58. The number of hydrogen-bond acceptors (Lipinski definition) is 2. The molecule has 0 saturated heterocycles. The standard InChI is InChI=1S/C10H10NS/c1-2-4-9(5-3-1)8-10-11-6-7-12-10/h1-7,11H,8H2. The number of thioether (sulfide) groups is 1. The van der Waals surface area contributed by atoms with Gasteiger partial charge in [0, 0.05) is 12.6 Å². The summed E-state index contributed by atoms with van der Waals surface area (Å²) in [5.74, 6) is 0. The lowest BCUT2D eigenvalue weighted by Crippen LogP contribution is -2.09. The SMILES string of the molecule is C1=CS[C](Cc2ccccc2)N1. The average Bonchev–Trinajstić information content (AvgIpc) is 2.59. The molecule has 1 radical (unpaired) electrons. The Hall–Kier alpha value is -0.890. The Morgan fingerprint density at radius 1 is 1.17 bits per heavy atom. The molecule has 61 valence electrons. The van der Waals surface area contributed by atoms with Gasteiger partial charge in [0.15, 0.2) is 0 Å². The summed E-state index contributed by atoms with van der Waals surface area (Å²) in [6.45, 7) is 0. The first-order valence-electron chi connectivity index (χ1n) is 3.93. The largest absolute Gasteiger partial charge is 0.373 e. The first-order valence-corrected chi connectivity index (χ1v) is 4.81. The van der Waals surface area contributed by atoms with Gasteiger partial charge in [-0.1, -0.05) is 30.3 Å². The van der Waals surface area contributed by atoms with Gasteiger partial charge >= 0.3 is 0 Å². The lowest BCUT2D eigenvalue weighted by molar-refractivity contribution is 0.936. The fourth-order valence-electron chi connectivity index (χ4n) is 1.15. The van der Waals surface area contributed by atoms with Crippen molar-refractivity contribution in [3.63, 3.8) is 0 Å². The first kappa shape index (κ1) is 7.74. The third-order valence-electron chi connectivity index (χ3n) is 1.73. The van der Waals surface area contributed by atoms with Crippen molar-refractivity contribution in [3.05, 3.63) is 52.9 Å². The van der Waals surface area contributed by atoms with E-state index in [0.717, 1.165) is 6.42 Å². The molecular formula is C10H10NS. The molecule has 0 aliphatic carbocycles. The van der Waals surface area contributed by atoms with Gasteiger partial charge in [0.1, 0.15) is 5.37 Å². The van der Waals surface area contributed by atoms with E-state index in [0.29, 0.717) is 0 Å². The van der Waals surface area contributed by atoms with Crippen LogP contribution < -0.4 is 5.32 Å². The van der Waals surface area contributed by atoms with Crippen LogP contribution in [0.3, 0.4) is 0 Å². The van der Waals surface area contributed by atoms with Crippen molar-refractivity contribution in [2.24, 2.45) is 0 Å². The fourth-order valence-corrected chi connectivity index (χ4v) is 1.84. The minimum atomic E-state index is 1.01. The van der Waals surface area contributed by atoms with E-state index < -0.39 is 0 Å². The second-order valence-corrected chi connectivity index (χ2v) is 3.65. The maximum absolute atomic E-state index is 3.20. The van der Waals surface area contributed by atoms with Gasteiger partial charge in [-0.2, -0.15) is 0 Å². The van der Waals surface area contributed by atoms with Crippen LogP contribution in [0, 0.1) is 5.37 Å². The van der Waals surface area contributed by atoms with Gasteiger partial charge in [-0.05, 0) is 11.0 Å². The molecule has 0 fully saturated rings.